The van der Waals surface area contributed by atoms with Gasteiger partial charge in [-0.25, -0.2) is 0 Å². The van der Waals surface area contributed by atoms with E-state index in [0.29, 0.717) is 5.92 Å². The largest absolute Gasteiger partial charge is 0.295 e. The third-order valence-corrected chi connectivity index (χ3v) is 1.88. The Morgan fingerprint density at radius 3 is 1.93 bits per heavy atom. The van der Waals surface area contributed by atoms with Gasteiger partial charge < -0.3 is 0 Å². The summed E-state index contributed by atoms with van der Waals surface area (Å²) in [5.74, 6) is 0.615. The Labute approximate surface area is 87.9 Å². The molecule has 0 heterocycles. The maximum Gasteiger partial charge on any atom is 0.152 e. The lowest BCUT2D eigenvalue weighted by Crippen LogP contribution is -2.09. The summed E-state index contributed by atoms with van der Waals surface area (Å²) in [5, 5.41) is 0. The SMILES string of the molecule is CC(=O)/C=C/C(=C\C(C)C)C(C)(C)C. The topological polar surface area (TPSA) is 17.1 Å². The van der Waals surface area contributed by atoms with Gasteiger partial charge in [0.25, 0.3) is 0 Å². The molecule has 0 spiro atoms. The van der Waals surface area contributed by atoms with Crippen molar-refractivity contribution >= 4 is 5.78 Å². The van der Waals surface area contributed by atoms with Crippen LogP contribution in [0.4, 0.5) is 0 Å². The third-order valence-electron chi connectivity index (χ3n) is 1.88. The number of rotatable bonds is 3. The predicted molar refractivity (Wildman–Crippen MR) is 62.2 cm³/mol. The summed E-state index contributed by atoms with van der Waals surface area (Å²) in [7, 11) is 0. The Kier molecular flexibility index (Phi) is 4.82. The summed E-state index contributed by atoms with van der Waals surface area (Å²) < 4.78 is 0. The van der Waals surface area contributed by atoms with Gasteiger partial charge in [-0.3, -0.25) is 4.79 Å². The minimum absolute atomic E-state index is 0.101. The zero-order valence-electron chi connectivity index (χ0n) is 10.2. The minimum atomic E-state index is 0.101. The number of hydrogen-bond donors (Lipinski definition) is 0. The molecule has 0 amide bonds. The van der Waals surface area contributed by atoms with Gasteiger partial charge >= 0.3 is 0 Å². The van der Waals surface area contributed by atoms with Gasteiger partial charge in [-0.2, -0.15) is 0 Å². The molecule has 0 saturated heterocycles. The number of carbonyl (C=O) groups excluding carboxylic acids is 1. The first kappa shape index (κ1) is 13.2. The van der Waals surface area contributed by atoms with Gasteiger partial charge in [0.05, 0.1) is 0 Å². The summed E-state index contributed by atoms with van der Waals surface area (Å²) in [6.07, 6.45) is 5.78. The fourth-order valence-corrected chi connectivity index (χ4v) is 1.12. The lowest BCUT2D eigenvalue weighted by Gasteiger charge is -2.21. The van der Waals surface area contributed by atoms with Crippen LogP contribution in [0, 0.1) is 11.3 Å². The highest BCUT2D eigenvalue weighted by Gasteiger charge is 2.14. The van der Waals surface area contributed by atoms with Crippen LogP contribution in [0.1, 0.15) is 41.5 Å². The van der Waals surface area contributed by atoms with Gasteiger partial charge in [-0.05, 0) is 29.9 Å². The van der Waals surface area contributed by atoms with Gasteiger partial charge in [0, 0.05) is 0 Å². The van der Waals surface area contributed by atoms with Crippen molar-refractivity contribution in [3.05, 3.63) is 23.8 Å². The van der Waals surface area contributed by atoms with Crippen molar-refractivity contribution in [2.75, 3.05) is 0 Å². The van der Waals surface area contributed by atoms with Crippen LogP contribution in [0.3, 0.4) is 0 Å². The molecule has 0 aliphatic rings. The Balaban J connectivity index is 4.85. The van der Waals surface area contributed by atoms with E-state index in [9.17, 15) is 4.79 Å². The molecule has 0 aromatic rings. The number of ketones is 1. The van der Waals surface area contributed by atoms with E-state index < -0.39 is 0 Å². The zero-order chi connectivity index (χ0) is 11.4. The third kappa shape index (κ3) is 5.74. The van der Waals surface area contributed by atoms with Crippen LogP contribution in [0.5, 0.6) is 0 Å². The molecule has 0 aromatic heterocycles. The van der Waals surface area contributed by atoms with Crippen LogP contribution < -0.4 is 0 Å². The Hall–Kier alpha value is -0.850. The average Bonchev–Trinajstić information content (AvgIpc) is 1.94. The molecule has 14 heavy (non-hydrogen) atoms. The highest BCUT2D eigenvalue weighted by molar-refractivity contribution is 5.87. The fraction of sp³-hybridized carbons (Fsp3) is 0.615. The number of allylic oxidation sites excluding steroid dienone is 4. The van der Waals surface area contributed by atoms with Gasteiger partial charge in [-0.1, -0.05) is 46.8 Å². The van der Waals surface area contributed by atoms with E-state index in [1.54, 1.807) is 13.0 Å². The van der Waals surface area contributed by atoms with Crippen molar-refractivity contribution in [3.8, 4) is 0 Å². The van der Waals surface area contributed by atoms with Crippen molar-refractivity contribution in [3.63, 3.8) is 0 Å². The molecular weight excluding hydrogens is 172 g/mol. The number of carbonyl (C=O) groups is 1. The molecule has 0 rings (SSSR count). The maximum atomic E-state index is 10.8. The molecule has 0 saturated carbocycles. The summed E-state index contributed by atoms with van der Waals surface area (Å²) >= 11 is 0. The zero-order valence-corrected chi connectivity index (χ0v) is 10.2. The van der Waals surface area contributed by atoms with E-state index in [2.05, 4.69) is 40.7 Å². The highest BCUT2D eigenvalue weighted by atomic mass is 16.1. The van der Waals surface area contributed by atoms with E-state index in [-0.39, 0.29) is 11.2 Å². The molecule has 0 radical (unpaired) electrons. The van der Waals surface area contributed by atoms with E-state index in [0.717, 1.165) is 0 Å². The van der Waals surface area contributed by atoms with Crippen LogP contribution in [0.2, 0.25) is 0 Å². The fourth-order valence-electron chi connectivity index (χ4n) is 1.12. The summed E-state index contributed by atoms with van der Waals surface area (Å²) in [4.78, 5) is 10.8. The quantitative estimate of drug-likeness (QED) is 0.494. The highest BCUT2D eigenvalue weighted by Crippen LogP contribution is 2.27. The molecule has 1 heteroatoms. The molecule has 0 fully saturated rings. The smallest absolute Gasteiger partial charge is 0.152 e. The van der Waals surface area contributed by atoms with Crippen molar-refractivity contribution in [2.24, 2.45) is 11.3 Å². The van der Waals surface area contributed by atoms with E-state index in [1.165, 1.54) is 5.57 Å². The predicted octanol–water partition coefficient (Wildman–Crippen LogP) is 3.76. The monoisotopic (exact) mass is 194 g/mol. The second-order valence-corrected chi connectivity index (χ2v) is 5.06. The number of hydrogen-bond acceptors (Lipinski definition) is 1. The molecule has 0 atom stereocenters. The Morgan fingerprint density at radius 1 is 1.14 bits per heavy atom. The van der Waals surface area contributed by atoms with Crippen LogP contribution in [0.25, 0.3) is 0 Å². The molecule has 80 valence electrons. The van der Waals surface area contributed by atoms with Crippen LogP contribution >= 0.6 is 0 Å². The average molecular weight is 194 g/mol. The molecule has 0 aromatic carbocycles. The standard InChI is InChI=1S/C13H22O/c1-10(2)9-12(13(4,5)6)8-7-11(3)14/h7-10H,1-6H3/b8-7+,12-9+. The molecule has 1 nitrogen and oxygen atoms in total. The van der Waals surface area contributed by atoms with Gasteiger partial charge in [0.2, 0.25) is 0 Å². The Bertz CT molecular complexity index is 249. The van der Waals surface area contributed by atoms with E-state index in [1.807, 2.05) is 6.08 Å². The second kappa shape index (κ2) is 5.14. The van der Waals surface area contributed by atoms with Gasteiger partial charge in [0.15, 0.2) is 5.78 Å². The van der Waals surface area contributed by atoms with Crippen LogP contribution in [-0.2, 0) is 4.79 Å². The van der Waals surface area contributed by atoms with Crippen molar-refractivity contribution in [1.29, 1.82) is 0 Å². The molecule has 0 N–H and O–H groups in total. The molecule has 0 bridgehead atoms. The molecule has 0 unspecified atom stereocenters. The normalized spacial score (nSPS) is 14.1. The first-order chi connectivity index (χ1) is 6.23. The van der Waals surface area contributed by atoms with Gasteiger partial charge in [0.1, 0.15) is 0 Å². The van der Waals surface area contributed by atoms with E-state index >= 15 is 0 Å². The summed E-state index contributed by atoms with van der Waals surface area (Å²) in [6.45, 7) is 12.3. The lowest BCUT2D eigenvalue weighted by atomic mass is 9.84. The second-order valence-electron chi connectivity index (χ2n) is 5.06. The minimum Gasteiger partial charge on any atom is -0.295 e. The maximum absolute atomic E-state index is 10.8. The van der Waals surface area contributed by atoms with Crippen LogP contribution in [-0.4, -0.2) is 5.78 Å². The molecule has 0 aliphatic carbocycles. The van der Waals surface area contributed by atoms with Crippen LogP contribution in [0.15, 0.2) is 23.8 Å². The van der Waals surface area contributed by atoms with Crippen molar-refractivity contribution in [2.45, 2.75) is 41.5 Å². The lowest BCUT2D eigenvalue weighted by molar-refractivity contribution is -0.112. The molecule has 0 aliphatic heterocycles. The Morgan fingerprint density at radius 2 is 1.64 bits per heavy atom. The van der Waals surface area contributed by atoms with E-state index in [4.69, 9.17) is 0 Å². The summed E-state index contributed by atoms with van der Waals surface area (Å²) in [6, 6.07) is 0. The van der Waals surface area contributed by atoms with Gasteiger partial charge in [-0.15, -0.1) is 0 Å². The van der Waals surface area contributed by atoms with Crippen molar-refractivity contribution < 1.29 is 4.79 Å². The summed E-state index contributed by atoms with van der Waals surface area (Å²) in [5.41, 5.74) is 1.33. The first-order valence-corrected chi connectivity index (χ1v) is 5.14. The van der Waals surface area contributed by atoms with Crippen molar-refractivity contribution in [1.82, 2.24) is 0 Å². The molecular formula is C13H22O. The first-order valence-electron chi connectivity index (χ1n) is 5.14.